The van der Waals surface area contributed by atoms with Crippen molar-refractivity contribution >= 4 is 17.3 Å². The molecule has 2 heteroatoms. The van der Waals surface area contributed by atoms with E-state index in [-0.39, 0.29) is 5.82 Å². The molecule has 1 heterocycles. The van der Waals surface area contributed by atoms with Crippen LogP contribution >= 0.6 is 11.8 Å². The van der Waals surface area contributed by atoms with E-state index >= 15 is 0 Å². The lowest BCUT2D eigenvalue weighted by Crippen LogP contribution is -2.02. The second-order valence-electron chi connectivity index (χ2n) is 6.12. The van der Waals surface area contributed by atoms with Crippen molar-refractivity contribution < 1.29 is 4.39 Å². The van der Waals surface area contributed by atoms with Crippen molar-refractivity contribution in [3.63, 3.8) is 0 Å². The van der Waals surface area contributed by atoms with Gasteiger partial charge in [0.15, 0.2) is 0 Å². The summed E-state index contributed by atoms with van der Waals surface area (Å²) in [5.74, 6) is -0.169. The van der Waals surface area contributed by atoms with Crippen LogP contribution in [0.3, 0.4) is 0 Å². The molecule has 1 atom stereocenters. The second-order valence-corrected chi connectivity index (χ2v) is 7.54. The van der Waals surface area contributed by atoms with Crippen molar-refractivity contribution in [2.75, 3.05) is 0 Å². The van der Waals surface area contributed by atoms with Crippen LogP contribution in [0.15, 0.2) is 65.1 Å². The fourth-order valence-electron chi connectivity index (χ4n) is 3.35. The van der Waals surface area contributed by atoms with E-state index in [2.05, 4.69) is 39.0 Å². The third-order valence-electron chi connectivity index (χ3n) is 4.74. The van der Waals surface area contributed by atoms with E-state index in [1.165, 1.54) is 27.7 Å². The SMILES string of the molecule is C/C=C(\CC)C1CC(c2ccc(-c3ccccc3F)cc2)=C(C)S1. The van der Waals surface area contributed by atoms with Gasteiger partial charge in [-0.3, -0.25) is 0 Å². The van der Waals surface area contributed by atoms with Gasteiger partial charge in [0, 0.05) is 10.8 Å². The van der Waals surface area contributed by atoms with Gasteiger partial charge in [-0.1, -0.05) is 61.0 Å². The molecular weight excluding hydrogens is 315 g/mol. The number of thioether (sulfide) groups is 1. The topological polar surface area (TPSA) is 0 Å². The van der Waals surface area contributed by atoms with Crippen LogP contribution in [0.4, 0.5) is 4.39 Å². The highest BCUT2D eigenvalue weighted by Crippen LogP contribution is 2.46. The molecule has 0 radical (unpaired) electrons. The summed E-state index contributed by atoms with van der Waals surface area (Å²) < 4.78 is 13.9. The standard InChI is InChI=1S/C22H23FS/c1-4-16(5-2)22-14-20(15(3)24-22)18-12-10-17(11-13-18)19-8-6-7-9-21(19)23/h4,6-13,22H,5,14H2,1-3H3/b16-4+. The molecule has 1 aliphatic heterocycles. The number of hydrogen-bond acceptors (Lipinski definition) is 1. The largest absolute Gasteiger partial charge is 0.206 e. The highest BCUT2D eigenvalue weighted by Gasteiger charge is 2.25. The smallest absolute Gasteiger partial charge is 0.131 e. The van der Waals surface area contributed by atoms with Gasteiger partial charge < -0.3 is 0 Å². The van der Waals surface area contributed by atoms with E-state index in [9.17, 15) is 4.39 Å². The number of allylic oxidation sites excluding steroid dienone is 3. The molecule has 0 bridgehead atoms. The fourth-order valence-corrected chi connectivity index (χ4v) is 4.82. The average molecular weight is 338 g/mol. The first-order valence-electron chi connectivity index (χ1n) is 8.50. The van der Waals surface area contributed by atoms with Crippen LogP contribution in [-0.4, -0.2) is 5.25 Å². The minimum Gasteiger partial charge on any atom is -0.206 e. The van der Waals surface area contributed by atoms with E-state index in [0.717, 1.165) is 18.4 Å². The highest BCUT2D eigenvalue weighted by atomic mass is 32.2. The monoisotopic (exact) mass is 338 g/mol. The molecule has 0 amide bonds. The third-order valence-corrected chi connectivity index (χ3v) is 6.10. The predicted octanol–water partition coefficient (Wildman–Crippen LogP) is 7.09. The Balaban J connectivity index is 1.84. The lowest BCUT2D eigenvalue weighted by molar-refractivity contribution is 0.631. The maximum absolute atomic E-state index is 13.9. The summed E-state index contributed by atoms with van der Waals surface area (Å²) in [5.41, 5.74) is 5.81. The molecule has 2 aromatic rings. The van der Waals surface area contributed by atoms with Crippen LogP contribution in [-0.2, 0) is 0 Å². The predicted molar refractivity (Wildman–Crippen MR) is 104 cm³/mol. The molecule has 124 valence electrons. The Labute approximate surface area is 148 Å². The van der Waals surface area contributed by atoms with Crippen molar-refractivity contribution in [3.8, 4) is 11.1 Å². The molecule has 1 aliphatic rings. The Morgan fingerprint density at radius 1 is 1.12 bits per heavy atom. The molecular formula is C22H23FS. The Morgan fingerprint density at radius 3 is 2.42 bits per heavy atom. The summed E-state index contributed by atoms with van der Waals surface area (Å²) in [6.45, 7) is 6.58. The molecule has 0 nitrogen and oxygen atoms in total. The van der Waals surface area contributed by atoms with E-state index in [1.807, 2.05) is 36.0 Å². The molecule has 3 rings (SSSR count). The number of halogens is 1. The van der Waals surface area contributed by atoms with Crippen LogP contribution in [0.25, 0.3) is 16.7 Å². The van der Waals surface area contributed by atoms with Gasteiger partial charge in [0.05, 0.1) is 0 Å². The van der Waals surface area contributed by atoms with Crippen LogP contribution < -0.4 is 0 Å². The molecule has 0 spiro atoms. The van der Waals surface area contributed by atoms with Crippen molar-refractivity contribution in [1.29, 1.82) is 0 Å². The molecule has 1 unspecified atom stereocenters. The normalized spacial score (nSPS) is 18.3. The summed E-state index contributed by atoms with van der Waals surface area (Å²) >= 11 is 1.98. The molecule has 0 N–H and O–H groups in total. The van der Waals surface area contributed by atoms with Gasteiger partial charge in [0.2, 0.25) is 0 Å². The first-order valence-corrected chi connectivity index (χ1v) is 9.38. The van der Waals surface area contributed by atoms with Gasteiger partial charge in [-0.25, -0.2) is 4.39 Å². The lowest BCUT2D eigenvalue weighted by atomic mass is 9.95. The first kappa shape index (κ1) is 17.0. The van der Waals surface area contributed by atoms with Gasteiger partial charge in [0.1, 0.15) is 5.82 Å². The summed E-state index contributed by atoms with van der Waals surface area (Å²) in [4.78, 5) is 1.41. The summed E-state index contributed by atoms with van der Waals surface area (Å²) in [6, 6.07) is 15.3. The van der Waals surface area contributed by atoms with Gasteiger partial charge in [0.25, 0.3) is 0 Å². The summed E-state index contributed by atoms with van der Waals surface area (Å²) in [6.07, 6.45) is 4.46. The number of benzene rings is 2. The molecule has 0 aromatic heterocycles. The van der Waals surface area contributed by atoms with E-state index < -0.39 is 0 Å². The highest BCUT2D eigenvalue weighted by molar-refractivity contribution is 8.04. The van der Waals surface area contributed by atoms with Gasteiger partial charge >= 0.3 is 0 Å². The Hall–Kier alpha value is -1.80. The Kier molecular flexibility index (Phi) is 5.25. The quantitative estimate of drug-likeness (QED) is 0.536. The maximum Gasteiger partial charge on any atom is 0.131 e. The zero-order valence-corrected chi connectivity index (χ0v) is 15.3. The lowest BCUT2D eigenvalue weighted by Gasteiger charge is -2.13. The number of hydrogen-bond donors (Lipinski definition) is 0. The van der Waals surface area contributed by atoms with Crippen LogP contribution in [0, 0.1) is 5.82 Å². The zero-order valence-electron chi connectivity index (χ0n) is 14.5. The zero-order chi connectivity index (χ0) is 17.1. The molecule has 0 saturated carbocycles. The number of rotatable bonds is 4. The van der Waals surface area contributed by atoms with Crippen LogP contribution in [0.1, 0.15) is 39.2 Å². The fraction of sp³-hybridized carbons (Fsp3) is 0.273. The van der Waals surface area contributed by atoms with Crippen LogP contribution in [0.2, 0.25) is 0 Å². The van der Waals surface area contributed by atoms with Gasteiger partial charge in [-0.2, -0.15) is 0 Å². The van der Waals surface area contributed by atoms with Crippen molar-refractivity contribution in [3.05, 3.63) is 76.5 Å². The van der Waals surface area contributed by atoms with E-state index in [1.54, 1.807) is 6.07 Å². The molecule has 0 saturated heterocycles. The second kappa shape index (κ2) is 7.40. The van der Waals surface area contributed by atoms with Crippen molar-refractivity contribution in [1.82, 2.24) is 0 Å². The minimum atomic E-state index is -0.169. The molecule has 0 fully saturated rings. The minimum absolute atomic E-state index is 0.169. The maximum atomic E-state index is 13.9. The van der Waals surface area contributed by atoms with E-state index in [0.29, 0.717) is 10.8 Å². The molecule has 2 aromatic carbocycles. The Bertz CT molecular complexity index is 784. The van der Waals surface area contributed by atoms with E-state index in [4.69, 9.17) is 0 Å². The first-order chi connectivity index (χ1) is 11.6. The van der Waals surface area contributed by atoms with Crippen LogP contribution in [0.5, 0.6) is 0 Å². The molecule has 0 aliphatic carbocycles. The summed E-state index contributed by atoms with van der Waals surface area (Å²) in [5, 5.41) is 0.571. The van der Waals surface area contributed by atoms with Crippen molar-refractivity contribution in [2.24, 2.45) is 0 Å². The van der Waals surface area contributed by atoms with Gasteiger partial charge in [-0.15, -0.1) is 11.8 Å². The molecule has 24 heavy (non-hydrogen) atoms. The average Bonchev–Trinajstić information content (AvgIpc) is 2.98. The Morgan fingerprint density at radius 2 is 1.79 bits per heavy atom. The van der Waals surface area contributed by atoms with Gasteiger partial charge in [-0.05, 0) is 54.4 Å². The summed E-state index contributed by atoms with van der Waals surface area (Å²) in [7, 11) is 0. The third kappa shape index (κ3) is 3.34. The van der Waals surface area contributed by atoms with Crippen molar-refractivity contribution in [2.45, 2.75) is 38.9 Å².